The van der Waals surface area contributed by atoms with Crippen LogP contribution in [0.4, 0.5) is 0 Å². The second kappa shape index (κ2) is 5.90. The Morgan fingerprint density at radius 3 is 2.44 bits per heavy atom. The minimum atomic E-state index is -0.895. The van der Waals surface area contributed by atoms with Crippen molar-refractivity contribution in [3.63, 3.8) is 0 Å². The van der Waals surface area contributed by atoms with Gasteiger partial charge in [0, 0.05) is 13.3 Å². The highest BCUT2D eigenvalue weighted by molar-refractivity contribution is 5.67. The predicted octanol–water partition coefficient (Wildman–Crippen LogP) is 2.16. The second-order valence-corrected chi connectivity index (χ2v) is 3.44. The lowest BCUT2D eigenvalue weighted by atomic mass is 10.0. The highest BCUT2D eigenvalue weighted by Gasteiger charge is 2.15. The van der Waals surface area contributed by atoms with Crippen molar-refractivity contribution in [1.29, 1.82) is 0 Å². The van der Waals surface area contributed by atoms with Gasteiger partial charge in [0.25, 0.3) is 0 Å². The molecule has 4 heteroatoms. The van der Waals surface area contributed by atoms with Crippen LogP contribution in [0.2, 0.25) is 0 Å². The Morgan fingerprint density at radius 2 is 1.94 bits per heavy atom. The third-order valence-electron chi connectivity index (χ3n) is 2.10. The monoisotopic (exact) mass is 222 g/mol. The Morgan fingerprint density at radius 1 is 1.31 bits per heavy atom. The van der Waals surface area contributed by atoms with Gasteiger partial charge in [-0.1, -0.05) is 30.3 Å². The minimum absolute atomic E-state index is 0.0210. The van der Waals surface area contributed by atoms with Gasteiger partial charge < -0.3 is 9.84 Å². The molecular formula is C12H14O4. The molecular weight excluding hydrogens is 208 g/mol. The van der Waals surface area contributed by atoms with E-state index in [1.54, 1.807) is 0 Å². The van der Waals surface area contributed by atoms with Gasteiger partial charge in [0.15, 0.2) is 0 Å². The largest absolute Gasteiger partial charge is 0.481 e. The van der Waals surface area contributed by atoms with E-state index in [4.69, 9.17) is 9.84 Å². The van der Waals surface area contributed by atoms with Crippen molar-refractivity contribution in [2.75, 3.05) is 0 Å². The maximum Gasteiger partial charge on any atom is 0.303 e. The van der Waals surface area contributed by atoms with E-state index in [9.17, 15) is 9.59 Å². The van der Waals surface area contributed by atoms with Gasteiger partial charge in [-0.3, -0.25) is 9.59 Å². The highest BCUT2D eigenvalue weighted by atomic mass is 16.5. The zero-order chi connectivity index (χ0) is 12.0. The van der Waals surface area contributed by atoms with Gasteiger partial charge in [-0.05, 0) is 12.0 Å². The summed E-state index contributed by atoms with van der Waals surface area (Å²) in [5, 5.41) is 8.60. The first-order valence-electron chi connectivity index (χ1n) is 5.03. The maximum absolute atomic E-state index is 10.9. The van der Waals surface area contributed by atoms with E-state index < -0.39 is 18.0 Å². The molecule has 1 aromatic carbocycles. The van der Waals surface area contributed by atoms with Crippen molar-refractivity contribution in [2.45, 2.75) is 25.9 Å². The van der Waals surface area contributed by atoms with Crippen molar-refractivity contribution in [1.82, 2.24) is 0 Å². The molecule has 86 valence electrons. The third-order valence-corrected chi connectivity index (χ3v) is 2.10. The predicted molar refractivity (Wildman–Crippen MR) is 57.8 cm³/mol. The quantitative estimate of drug-likeness (QED) is 0.775. The number of hydrogen-bond donors (Lipinski definition) is 1. The van der Waals surface area contributed by atoms with Crippen LogP contribution in [0.25, 0.3) is 0 Å². The molecule has 0 saturated heterocycles. The van der Waals surface area contributed by atoms with E-state index in [1.807, 2.05) is 30.3 Å². The van der Waals surface area contributed by atoms with Crippen LogP contribution in [0.15, 0.2) is 30.3 Å². The number of benzene rings is 1. The molecule has 0 aliphatic heterocycles. The van der Waals surface area contributed by atoms with Gasteiger partial charge in [0.2, 0.25) is 0 Å². The summed E-state index contributed by atoms with van der Waals surface area (Å²) in [6, 6.07) is 9.13. The lowest BCUT2D eigenvalue weighted by molar-refractivity contribution is -0.149. The van der Waals surface area contributed by atoms with Crippen molar-refractivity contribution >= 4 is 11.9 Å². The Bertz CT molecular complexity index is 359. The Kier molecular flexibility index (Phi) is 4.51. The molecule has 0 spiro atoms. The van der Waals surface area contributed by atoms with E-state index in [0.29, 0.717) is 6.42 Å². The smallest absolute Gasteiger partial charge is 0.303 e. The van der Waals surface area contributed by atoms with Crippen molar-refractivity contribution in [3.05, 3.63) is 35.9 Å². The van der Waals surface area contributed by atoms with Crippen LogP contribution in [0.1, 0.15) is 31.4 Å². The van der Waals surface area contributed by atoms with Crippen molar-refractivity contribution in [3.8, 4) is 0 Å². The summed E-state index contributed by atoms with van der Waals surface area (Å²) in [6.07, 6.45) is -0.207. The molecule has 0 radical (unpaired) electrons. The van der Waals surface area contributed by atoms with Crippen LogP contribution in [-0.4, -0.2) is 17.0 Å². The zero-order valence-corrected chi connectivity index (χ0v) is 9.05. The number of rotatable bonds is 5. The molecule has 0 fully saturated rings. The van der Waals surface area contributed by atoms with E-state index in [0.717, 1.165) is 5.56 Å². The number of carbonyl (C=O) groups excluding carboxylic acids is 1. The van der Waals surface area contributed by atoms with Gasteiger partial charge >= 0.3 is 11.9 Å². The van der Waals surface area contributed by atoms with E-state index in [1.165, 1.54) is 6.92 Å². The number of carboxylic acids is 1. The van der Waals surface area contributed by atoms with E-state index >= 15 is 0 Å². The number of esters is 1. The lowest BCUT2D eigenvalue weighted by Crippen LogP contribution is -2.10. The van der Waals surface area contributed by atoms with E-state index in [-0.39, 0.29) is 6.42 Å². The molecule has 1 aromatic rings. The molecule has 0 heterocycles. The average molecular weight is 222 g/mol. The third kappa shape index (κ3) is 4.13. The van der Waals surface area contributed by atoms with Crippen LogP contribution in [0.3, 0.4) is 0 Å². The van der Waals surface area contributed by atoms with Crippen molar-refractivity contribution < 1.29 is 19.4 Å². The van der Waals surface area contributed by atoms with Crippen LogP contribution in [-0.2, 0) is 14.3 Å². The van der Waals surface area contributed by atoms with Gasteiger partial charge in [-0.25, -0.2) is 0 Å². The number of ether oxygens (including phenoxy) is 1. The summed E-state index contributed by atoms with van der Waals surface area (Å²) >= 11 is 0. The zero-order valence-electron chi connectivity index (χ0n) is 9.05. The van der Waals surface area contributed by atoms with Crippen LogP contribution < -0.4 is 0 Å². The first kappa shape index (κ1) is 12.2. The fourth-order valence-electron chi connectivity index (χ4n) is 1.42. The molecule has 0 bridgehead atoms. The summed E-state index contributed by atoms with van der Waals surface area (Å²) in [6.45, 7) is 1.32. The molecule has 0 aromatic heterocycles. The highest BCUT2D eigenvalue weighted by Crippen LogP contribution is 2.22. The van der Waals surface area contributed by atoms with Gasteiger partial charge in [-0.15, -0.1) is 0 Å². The minimum Gasteiger partial charge on any atom is -0.481 e. The van der Waals surface area contributed by atoms with E-state index in [2.05, 4.69) is 0 Å². The molecule has 16 heavy (non-hydrogen) atoms. The molecule has 4 nitrogen and oxygen atoms in total. The van der Waals surface area contributed by atoms with Crippen LogP contribution >= 0.6 is 0 Å². The van der Waals surface area contributed by atoms with Gasteiger partial charge in [0.05, 0.1) is 0 Å². The summed E-state index contributed by atoms with van der Waals surface area (Å²) in [5.41, 5.74) is 0.818. The van der Waals surface area contributed by atoms with Gasteiger partial charge in [-0.2, -0.15) is 0 Å². The van der Waals surface area contributed by atoms with Crippen LogP contribution in [0, 0.1) is 0 Å². The number of aliphatic carboxylic acids is 1. The average Bonchev–Trinajstić information content (AvgIpc) is 2.25. The Labute approximate surface area is 93.9 Å². The number of carbonyl (C=O) groups is 2. The summed E-state index contributed by atoms with van der Waals surface area (Å²) in [7, 11) is 0. The SMILES string of the molecule is CC(=O)O[C@H](CCC(=O)O)c1ccccc1. The van der Waals surface area contributed by atoms with Crippen molar-refractivity contribution in [2.24, 2.45) is 0 Å². The molecule has 0 unspecified atom stereocenters. The topological polar surface area (TPSA) is 63.6 Å². The molecule has 0 aliphatic carbocycles. The fourth-order valence-corrected chi connectivity index (χ4v) is 1.42. The standard InChI is InChI=1S/C12H14O4/c1-9(13)16-11(7-8-12(14)15)10-5-3-2-4-6-10/h2-6,11H,7-8H2,1H3,(H,14,15)/t11-/m1/s1. The second-order valence-electron chi connectivity index (χ2n) is 3.44. The first-order chi connectivity index (χ1) is 7.59. The molecule has 1 atom stereocenters. The summed E-state index contributed by atoms with van der Waals surface area (Å²) in [5.74, 6) is -1.30. The molecule has 0 aliphatic rings. The lowest BCUT2D eigenvalue weighted by Gasteiger charge is -2.16. The Hall–Kier alpha value is -1.84. The molecule has 1 N–H and O–H groups in total. The molecule has 0 saturated carbocycles. The summed E-state index contributed by atoms with van der Waals surface area (Å²) in [4.78, 5) is 21.4. The summed E-state index contributed by atoms with van der Waals surface area (Å²) < 4.78 is 5.08. The Balaban J connectivity index is 2.71. The first-order valence-corrected chi connectivity index (χ1v) is 5.03. The number of hydrogen-bond acceptors (Lipinski definition) is 3. The fraction of sp³-hybridized carbons (Fsp3) is 0.333. The normalized spacial score (nSPS) is 11.8. The molecule has 1 rings (SSSR count). The maximum atomic E-state index is 10.9. The van der Waals surface area contributed by atoms with Gasteiger partial charge in [0.1, 0.15) is 6.10 Å². The number of carboxylic acid groups (broad SMARTS) is 1. The molecule has 0 amide bonds. The van der Waals surface area contributed by atoms with Crippen LogP contribution in [0.5, 0.6) is 0 Å².